The molecule has 1 aromatic carbocycles. The van der Waals surface area contributed by atoms with Crippen LogP contribution >= 0.6 is 11.3 Å². The van der Waals surface area contributed by atoms with Crippen LogP contribution in [0.3, 0.4) is 0 Å². The minimum atomic E-state index is -4.06. The second-order valence-corrected chi connectivity index (χ2v) is 17.2. The smallest absolute Gasteiger partial charge is 0.333 e. The fourth-order valence-corrected chi connectivity index (χ4v) is 9.54. The lowest BCUT2D eigenvalue weighted by Gasteiger charge is -2.33. The molecule has 2 saturated heterocycles. The maximum Gasteiger partial charge on any atom is 0.333 e. The van der Waals surface area contributed by atoms with Crippen LogP contribution in [0.5, 0.6) is 5.75 Å². The molecule has 1 aliphatic carbocycles. The highest BCUT2D eigenvalue weighted by Crippen LogP contribution is 2.43. The lowest BCUT2D eigenvalue weighted by molar-refractivity contribution is -0.126. The zero-order chi connectivity index (χ0) is 34.9. The maximum absolute atomic E-state index is 14.7. The van der Waals surface area contributed by atoms with Gasteiger partial charge in [0.05, 0.1) is 53.2 Å². The van der Waals surface area contributed by atoms with Gasteiger partial charge in [-0.1, -0.05) is 18.2 Å². The van der Waals surface area contributed by atoms with Gasteiger partial charge in [-0.2, -0.15) is 0 Å². The van der Waals surface area contributed by atoms with Crippen molar-refractivity contribution in [2.45, 2.75) is 107 Å². The first kappa shape index (κ1) is 33.7. The fourth-order valence-electron chi connectivity index (χ4n) is 6.92. The molecule has 1 saturated carbocycles. The van der Waals surface area contributed by atoms with E-state index >= 15 is 0 Å². The van der Waals surface area contributed by atoms with Crippen LogP contribution in [0.4, 0.5) is 0 Å². The van der Waals surface area contributed by atoms with Crippen molar-refractivity contribution in [2.75, 3.05) is 7.11 Å². The van der Waals surface area contributed by atoms with Crippen molar-refractivity contribution >= 4 is 37.5 Å². The number of para-hydroxylation sites is 1. The predicted molar refractivity (Wildman–Crippen MR) is 184 cm³/mol. The number of nitrogens with one attached hydrogen (secondary N) is 1. The van der Waals surface area contributed by atoms with Crippen molar-refractivity contribution in [3.05, 3.63) is 68.7 Å². The second-order valence-electron chi connectivity index (χ2n) is 14.0. The first-order valence-corrected chi connectivity index (χ1v) is 18.7. The molecule has 1 N–H and O–H groups in total. The number of amides is 1. The minimum absolute atomic E-state index is 0. The maximum atomic E-state index is 14.7. The molecule has 0 spiro atoms. The van der Waals surface area contributed by atoms with Gasteiger partial charge in [0.1, 0.15) is 28.5 Å². The number of carbonyl (C=O) groups excluding carboxylic acids is 1. The Bertz CT molecular complexity index is 2140. The first-order chi connectivity index (χ1) is 23.2. The number of aromatic nitrogens is 3. The zero-order valence-electron chi connectivity index (χ0n) is 28.1. The molecule has 5 heterocycles. The Kier molecular flexibility index (Phi) is 8.40. The molecule has 3 aliphatic rings. The summed E-state index contributed by atoms with van der Waals surface area (Å²) in [4.78, 5) is 48.1. The average Bonchev–Trinajstić information content (AvgIpc) is 3.35. The van der Waals surface area contributed by atoms with Crippen LogP contribution in [0.1, 0.15) is 78.0 Å². The van der Waals surface area contributed by atoms with Gasteiger partial charge < -0.3 is 18.6 Å². The number of nitrogens with zero attached hydrogens (tertiary/aromatic N) is 3. The van der Waals surface area contributed by atoms with Gasteiger partial charge in [0.25, 0.3) is 11.5 Å². The van der Waals surface area contributed by atoms with Crippen molar-refractivity contribution in [1.82, 2.24) is 18.8 Å². The quantitative estimate of drug-likeness (QED) is 0.232. The van der Waals surface area contributed by atoms with Crippen LogP contribution in [-0.4, -0.2) is 58.6 Å². The van der Waals surface area contributed by atoms with Crippen LogP contribution in [0.2, 0.25) is 0 Å². The third-order valence-electron chi connectivity index (χ3n) is 10.2. The third kappa shape index (κ3) is 5.83. The Morgan fingerprint density at radius 3 is 2.53 bits per heavy atom. The van der Waals surface area contributed by atoms with E-state index in [9.17, 15) is 22.8 Å². The topological polar surface area (TPSA) is 161 Å². The van der Waals surface area contributed by atoms with Crippen LogP contribution < -0.4 is 20.7 Å². The highest BCUT2D eigenvalue weighted by atomic mass is 32.2. The van der Waals surface area contributed by atoms with Gasteiger partial charge >= 0.3 is 5.69 Å². The zero-order valence-corrected chi connectivity index (χ0v) is 29.7. The summed E-state index contributed by atoms with van der Waals surface area (Å²) >= 11 is 1.18. The number of oxazole rings is 1. The van der Waals surface area contributed by atoms with E-state index in [0.29, 0.717) is 52.3 Å². The van der Waals surface area contributed by atoms with Gasteiger partial charge in [-0.25, -0.2) is 22.8 Å². The summed E-state index contributed by atoms with van der Waals surface area (Å²) < 4.78 is 53.8. The molecule has 7 rings (SSSR count). The van der Waals surface area contributed by atoms with Crippen LogP contribution in [0, 0.1) is 6.92 Å². The van der Waals surface area contributed by atoms with Crippen molar-refractivity contribution < 1.29 is 33.3 Å². The number of methoxy groups -OCH3 is 1. The van der Waals surface area contributed by atoms with Gasteiger partial charge in [0, 0.05) is 6.99 Å². The van der Waals surface area contributed by atoms with Crippen LogP contribution in [0.15, 0.2) is 50.7 Å². The van der Waals surface area contributed by atoms with Gasteiger partial charge in [-0.15, -0.1) is 11.3 Å². The first-order valence-electron chi connectivity index (χ1n) is 16.4. The molecule has 49 heavy (non-hydrogen) atoms. The molecule has 3 fully saturated rings. The van der Waals surface area contributed by atoms with Crippen molar-refractivity contribution in [2.24, 2.45) is 0 Å². The third-order valence-corrected chi connectivity index (χ3v) is 13.7. The Morgan fingerprint density at radius 2 is 1.90 bits per heavy atom. The molecular weight excluding hydrogens is 673 g/mol. The van der Waals surface area contributed by atoms with E-state index < -0.39 is 43.6 Å². The van der Waals surface area contributed by atoms with Gasteiger partial charge in [-0.05, 0) is 77.8 Å². The van der Waals surface area contributed by atoms with Crippen LogP contribution in [-0.2, 0) is 36.4 Å². The highest BCUT2D eigenvalue weighted by Gasteiger charge is 2.52. The highest BCUT2D eigenvalue weighted by molar-refractivity contribution is 7.91. The summed E-state index contributed by atoms with van der Waals surface area (Å²) in [5, 5.41) is 0.193. The fraction of sp³-hybridized carbons (Fsp3) is 0.529. The number of rotatable bonds is 11. The molecule has 4 aromatic rings. The molecule has 15 heteroatoms. The van der Waals surface area contributed by atoms with Gasteiger partial charge in [0.15, 0.2) is 0 Å². The van der Waals surface area contributed by atoms with Gasteiger partial charge in [0.2, 0.25) is 15.9 Å². The molecule has 0 radical (unpaired) electrons. The average molecular weight is 715 g/mol. The van der Waals surface area contributed by atoms with E-state index in [2.05, 4.69) is 9.71 Å². The number of aryl methyl sites for hydroxylation is 1. The second kappa shape index (κ2) is 12.2. The molecule has 264 valence electrons. The van der Waals surface area contributed by atoms with Crippen molar-refractivity contribution in [3.8, 4) is 16.5 Å². The number of hydrogen-bond acceptors (Lipinski definition) is 11. The Hall–Kier alpha value is -3.79. The summed E-state index contributed by atoms with van der Waals surface area (Å²) in [5.41, 5.74) is -2.19. The molecule has 13 nitrogen and oxygen atoms in total. The largest absolute Gasteiger partial charge is 0.496 e. The van der Waals surface area contributed by atoms with E-state index in [0.717, 1.165) is 17.4 Å². The molecule has 4 atom stereocenters. The number of fused-ring (bicyclic) bond motifs is 3. The number of hydrogen-bond donors (Lipinski definition) is 1. The summed E-state index contributed by atoms with van der Waals surface area (Å²) in [6.07, 6.45) is 6.45. The standard InChI is InChI=1S/C34H40N4O9S2.H2/c1-19-26-29(39)38(33(2,3)31(40)36-49(42,43)34(4)12-13-34)32(41)37(30(26)48-27(19)28-35-14-15-45-28)18-25(23-8-6-7-9-24(23)44-5)47-22-16-20-10-11-21(17-22)46-20;/h6-9,14-15,20-22,25H,10-13,16-18H2,1-5H3,(H,36,40);1H/t20-,21+,22?,25-;/m0./s1. The van der Waals surface area contributed by atoms with Gasteiger partial charge in [-0.3, -0.25) is 18.9 Å². The van der Waals surface area contributed by atoms with Crippen molar-refractivity contribution in [3.63, 3.8) is 0 Å². The number of carbonyl (C=O) groups is 1. The summed E-state index contributed by atoms with van der Waals surface area (Å²) in [6, 6.07) is 7.42. The van der Waals surface area contributed by atoms with Crippen molar-refractivity contribution in [1.29, 1.82) is 0 Å². The molecule has 1 amide bonds. The van der Waals surface area contributed by atoms with E-state index in [1.54, 1.807) is 21.0 Å². The SMILES string of the molecule is COc1ccccc1[C@H](Cn1c(=O)n(C(C)(C)C(=O)NS(=O)(=O)C2(C)CC2)c(=O)c2c(C)c(-c3ncco3)sc21)OC1C[C@H]2CC[C@@H](C1)O2.[HH]. The lowest BCUT2D eigenvalue weighted by Crippen LogP contribution is -2.57. The number of sulfonamides is 1. The molecule has 1 unspecified atom stereocenters. The number of ether oxygens (including phenoxy) is 3. The van der Waals surface area contributed by atoms with E-state index in [-0.39, 0.29) is 37.6 Å². The molecular formula is C34H42N4O9S2. The number of benzene rings is 1. The summed E-state index contributed by atoms with van der Waals surface area (Å²) in [6.45, 7) is 5.99. The van der Waals surface area contributed by atoms with E-state index in [4.69, 9.17) is 18.6 Å². The molecule has 3 aromatic heterocycles. The Labute approximate surface area is 288 Å². The predicted octanol–water partition coefficient (Wildman–Crippen LogP) is 4.64. The minimum Gasteiger partial charge on any atom is -0.496 e. The molecule has 2 bridgehead atoms. The Balaban J connectivity index is 0.00000432. The lowest BCUT2D eigenvalue weighted by atomic mass is 10.0. The van der Waals surface area contributed by atoms with Crippen LogP contribution in [0.25, 0.3) is 21.0 Å². The van der Waals surface area contributed by atoms with E-state index in [1.165, 1.54) is 42.2 Å². The molecule has 2 aliphatic heterocycles. The number of thiophene rings is 1. The summed E-state index contributed by atoms with van der Waals surface area (Å²) in [7, 11) is -2.49. The Morgan fingerprint density at radius 1 is 1.20 bits per heavy atom. The normalized spacial score (nSPS) is 22.3. The van der Waals surface area contributed by atoms with E-state index in [1.807, 2.05) is 24.3 Å². The summed E-state index contributed by atoms with van der Waals surface area (Å²) in [5.74, 6) is -0.136. The monoisotopic (exact) mass is 714 g/mol.